The van der Waals surface area contributed by atoms with Crippen LogP contribution >= 0.6 is 11.6 Å². The van der Waals surface area contributed by atoms with E-state index in [1.807, 2.05) is 13.8 Å². The van der Waals surface area contributed by atoms with Crippen LogP contribution in [0.15, 0.2) is 33.9 Å². The van der Waals surface area contributed by atoms with E-state index in [0.717, 1.165) is 7.05 Å². The third-order valence-electron chi connectivity index (χ3n) is 3.71. The van der Waals surface area contributed by atoms with Crippen molar-refractivity contribution in [2.45, 2.75) is 26.4 Å². The van der Waals surface area contributed by atoms with E-state index < -0.39 is 23.1 Å². The maximum atomic E-state index is 12.9. The number of halogens is 4. The highest BCUT2D eigenvalue weighted by molar-refractivity contribution is 6.34. The normalized spacial score (nSPS) is 11.8. The molecule has 0 atom stereocenters. The smallest absolute Gasteiger partial charge is 0.294 e. The summed E-state index contributed by atoms with van der Waals surface area (Å²) in [6, 6.07) is 4.20. The van der Waals surface area contributed by atoms with E-state index in [1.54, 1.807) is 0 Å². The van der Waals surface area contributed by atoms with Crippen molar-refractivity contribution in [3.63, 3.8) is 0 Å². The van der Waals surface area contributed by atoms with Crippen LogP contribution in [0.3, 0.4) is 0 Å². The van der Waals surface area contributed by atoms with Crippen molar-refractivity contribution in [3.8, 4) is 5.69 Å². The van der Waals surface area contributed by atoms with E-state index in [4.69, 9.17) is 11.6 Å². The van der Waals surface area contributed by atoms with Gasteiger partial charge in [0.05, 0.1) is 10.7 Å². The lowest BCUT2D eigenvalue weighted by atomic mass is 10.0. The number of hydrogen-bond donors (Lipinski definition) is 0. The van der Waals surface area contributed by atoms with Crippen molar-refractivity contribution in [2.75, 3.05) is 0 Å². The summed E-state index contributed by atoms with van der Waals surface area (Å²) >= 11 is 6.02. The van der Waals surface area contributed by atoms with Crippen LogP contribution in [0, 0.1) is 5.92 Å². The van der Waals surface area contributed by atoms with Crippen LogP contribution in [-0.4, -0.2) is 14.9 Å². The maximum Gasteiger partial charge on any atom is 0.431 e. The van der Waals surface area contributed by atoms with Crippen molar-refractivity contribution in [2.24, 2.45) is 13.0 Å². The second-order valence-electron chi connectivity index (χ2n) is 6.23. The predicted molar refractivity (Wildman–Crippen MR) is 91.1 cm³/mol. The first-order chi connectivity index (χ1) is 11.9. The quantitative estimate of drug-likeness (QED) is 0.754. The first-order valence-electron chi connectivity index (χ1n) is 7.67. The monoisotopic (exact) mass is 388 g/mol. The van der Waals surface area contributed by atoms with Crippen molar-refractivity contribution < 1.29 is 18.0 Å². The van der Waals surface area contributed by atoms with Gasteiger partial charge in [-0.25, -0.2) is 9.36 Å². The fraction of sp³-hybridized carbons (Fsp3) is 0.353. The highest BCUT2D eigenvalue weighted by Crippen LogP contribution is 2.27. The van der Waals surface area contributed by atoms with Crippen LogP contribution in [-0.2, 0) is 13.2 Å². The lowest BCUT2D eigenvalue weighted by molar-refractivity contribution is -0.144. The molecule has 0 saturated carbocycles. The summed E-state index contributed by atoms with van der Waals surface area (Å²) in [6.07, 6.45) is -4.65. The SMILES string of the molecule is CC(C)CC(=O)c1cc(-n2c(=O)cc(C(F)(F)F)n(C)c2=O)ccc1Cl. The molecule has 1 aromatic carbocycles. The fourth-order valence-corrected chi connectivity index (χ4v) is 2.71. The minimum atomic E-state index is -4.84. The molecule has 26 heavy (non-hydrogen) atoms. The van der Waals surface area contributed by atoms with Crippen LogP contribution in [0.5, 0.6) is 0 Å². The Hall–Kier alpha value is -2.35. The van der Waals surface area contributed by atoms with Crippen LogP contribution < -0.4 is 11.2 Å². The molecule has 0 aliphatic heterocycles. The molecular formula is C17H16ClF3N2O3. The van der Waals surface area contributed by atoms with Crippen LogP contribution in [0.4, 0.5) is 13.2 Å². The number of alkyl halides is 3. The van der Waals surface area contributed by atoms with Gasteiger partial charge in [-0.2, -0.15) is 13.2 Å². The van der Waals surface area contributed by atoms with Gasteiger partial charge in [-0.3, -0.25) is 14.2 Å². The molecule has 0 aliphatic rings. The van der Waals surface area contributed by atoms with Crippen molar-refractivity contribution in [3.05, 3.63) is 61.4 Å². The second kappa shape index (κ2) is 7.11. The van der Waals surface area contributed by atoms with Gasteiger partial charge < -0.3 is 0 Å². The van der Waals surface area contributed by atoms with Gasteiger partial charge in [0.15, 0.2) is 5.78 Å². The molecule has 0 fully saturated rings. The molecule has 0 N–H and O–H groups in total. The third kappa shape index (κ3) is 3.90. The topological polar surface area (TPSA) is 61.1 Å². The third-order valence-corrected chi connectivity index (χ3v) is 4.04. The average Bonchev–Trinajstić information content (AvgIpc) is 2.50. The number of ketones is 1. The van der Waals surface area contributed by atoms with Gasteiger partial charge in [0.25, 0.3) is 5.56 Å². The van der Waals surface area contributed by atoms with Gasteiger partial charge in [-0.05, 0) is 24.1 Å². The van der Waals surface area contributed by atoms with Crippen LogP contribution in [0.25, 0.3) is 5.69 Å². The zero-order valence-electron chi connectivity index (χ0n) is 14.2. The highest BCUT2D eigenvalue weighted by atomic mass is 35.5. The van der Waals surface area contributed by atoms with Crippen molar-refractivity contribution in [1.82, 2.24) is 9.13 Å². The highest BCUT2D eigenvalue weighted by Gasteiger charge is 2.35. The number of hydrogen-bond acceptors (Lipinski definition) is 3. The summed E-state index contributed by atoms with van der Waals surface area (Å²) in [6.45, 7) is 3.68. The van der Waals surface area contributed by atoms with Crippen molar-refractivity contribution in [1.29, 1.82) is 0 Å². The Kier molecular flexibility index (Phi) is 5.46. The van der Waals surface area contributed by atoms with E-state index in [-0.39, 0.29) is 34.4 Å². The van der Waals surface area contributed by atoms with E-state index in [1.165, 1.54) is 18.2 Å². The number of benzene rings is 1. The molecule has 0 radical (unpaired) electrons. The molecule has 0 amide bonds. The Morgan fingerprint density at radius 3 is 2.35 bits per heavy atom. The largest absolute Gasteiger partial charge is 0.431 e. The van der Waals surface area contributed by atoms with E-state index >= 15 is 0 Å². The molecule has 0 unspecified atom stereocenters. The first-order valence-corrected chi connectivity index (χ1v) is 8.04. The molecule has 0 aliphatic carbocycles. The molecule has 1 aromatic heterocycles. The summed E-state index contributed by atoms with van der Waals surface area (Å²) in [5.41, 5.74) is -3.60. The van der Waals surface area contributed by atoms with E-state index in [2.05, 4.69) is 0 Å². The molecule has 5 nitrogen and oxygen atoms in total. The summed E-state index contributed by atoms with van der Waals surface area (Å²) in [7, 11) is 0.918. The zero-order chi connectivity index (χ0) is 19.8. The molecule has 140 valence electrons. The molecule has 2 aromatic rings. The summed E-state index contributed by atoms with van der Waals surface area (Å²) in [5.74, 6) is -0.229. The van der Waals surface area contributed by atoms with Gasteiger partial charge >= 0.3 is 11.9 Å². The molecule has 0 saturated heterocycles. The minimum absolute atomic E-state index is 0.0270. The van der Waals surface area contributed by atoms with Crippen molar-refractivity contribution >= 4 is 17.4 Å². The van der Waals surface area contributed by atoms with Gasteiger partial charge in [-0.15, -0.1) is 0 Å². The summed E-state index contributed by atoms with van der Waals surface area (Å²) in [5, 5.41) is 0.135. The van der Waals surface area contributed by atoms with Gasteiger partial charge in [0, 0.05) is 25.1 Å². The Bertz CT molecular complexity index is 975. The Morgan fingerprint density at radius 1 is 1.19 bits per heavy atom. The Morgan fingerprint density at radius 2 is 1.81 bits per heavy atom. The lowest BCUT2D eigenvalue weighted by Gasteiger charge is -2.14. The molecule has 0 bridgehead atoms. The minimum Gasteiger partial charge on any atom is -0.294 e. The summed E-state index contributed by atoms with van der Waals surface area (Å²) < 4.78 is 39.7. The standard InChI is InChI=1S/C17H16ClF3N2O3/c1-9(2)6-13(24)11-7-10(4-5-12(11)18)23-15(25)8-14(17(19,20)21)22(3)16(23)26/h4-5,7-9H,6H2,1-3H3. The van der Waals surface area contributed by atoms with Gasteiger partial charge in [0.1, 0.15) is 5.69 Å². The van der Waals surface area contributed by atoms with Crippen LogP contribution in [0.1, 0.15) is 36.3 Å². The molecule has 9 heteroatoms. The molecular weight excluding hydrogens is 373 g/mol. The number of carbonyl (C=O) groups is 1. The average molecular weight is 389 g/mol. The fourth-order valence-electron chi connectivity index (χ4n) is 2.48. The number of nitrogens with zero attached hydrogens (tertiary/aromatic N) is 2. The number of Topliss-reactive ketones (excluding diaryl/α,β-unsaturated/α-hetero) is 1. The number of aromatic nitrogens is 2. The molecule has 2 rings (SSSR count). The zero-order valence-corrected chi connectivity index (χ0v) is 15.0. The predicted octanol–water partition coefficient (Wildman–Crippen LogP) is 3.44. The molecule has 0 spiro atoms. The van der Waals surface area contributed by atoms with Gasteiger partial charge in [-0.1, -0.05) is 25.4 Å². The lowest BCUT2D eigenvalue weighted by Crippen LogP contribution is -2.40. The number of rotatable bonds is 4. The maximum absolute atomic E-state index is 12.9. The second-order valence-corrected chi connectivity index (χ2v) is 6.64. The Labute approximate surface area is 151 Å². The Balaban J connectivity index is 2.67. The van der Waals surface area contributed by atoms with E-state index in [0.29, 0.717) is 15.2 Å². The van der Waals surface area contributed by atoms with E-state index in [9.17, 15) is 27.6 Å². The first kappa shape index (κ1) is 20.0. The van der Waals surface area contributed by atoms with Crippen LogP contribution in [0.2, 0.25) is 5.02 Å². The molecule has 1 heterocycles. The summed E-state index contributed by atoms with van der Waals surface area (Å²) in [4.78, 5) is 36.7. The van der Waals surface area contributed by atoms with Gasteiger partial charge in [0.2, 0.25) is 0 Å². The number of carbonyl (C=O) groups excluding carboxylic acids is 1.